The van der Waals surface area contributed by atoms with Crippen LogP contribution in [0.25, 0.3) is 0 Å². The number of nitrogens with two attached hydrogens (primary N) is 1. The summed E-state index contributed by atoms with van der Waals surface area (Å²) in [6.45, 7) is 0.899. The van der Waals surface area contributed by atoms with Crippen molar-refractivity contribution in [3.63, 3.8) is 0 Å². The number of anilines is 1. The molecule has 2 rings (SSSR count). The number of carbonyl (C=O) groups is 1. The van der Waals surface area contributed by atoms with Crippen molar-refractivity contribution in [3.8, 4) is 5.75 Å². The Morgan fingerprint density at radius 2 is 2.14 bits per heavy atom. The number of nitrogens with zero attached hydrogens (tertiary/aromatic N) is 1. The third-order valence-corrected chi connectivity index (χ3v) is 4.97. The second kappa shape index (κ2) is 6.77. The molecule has 0 spiro atoms. The van der Waals surface area contributed by atoms with Crippen molar-refractivity contribution in [2.45, 2.75) is 6.42 Å². The average Bonchev–Trinajstić information content (AvgIpc) is 2.64. The minimum atomic E-state index is -3.43. The molecule has 1 amide bonds. The zero-order chi connectivity index (χ0) is 15.3. The minimum absolute atomic E-state index is 0.0453. The Morgan fingerprint density at radius 1 is 1.33 bits per heavy atom. The zero-order valence-electron chi connectivity index (χ0n) is 11.6. The summed E-state index contributed by atoms with van der Waals surface area (Å²) in [5.74, 6) is 0.289. The highest BCUT2D eigenvalue weighted by molar-refractivity contribution is 7.89. The molecule has 0 radical (unpaired) electrons. The molecular weight excluding hydrogens is 294 g/mol. The zero-order valence-corrected chi connectivity index (χ0v) is 12.4. The number of rotatable bonds is 5. The van der Waals surface area contributed by atoms with Crippen LogP contribution in [0, 0.1) is 0 Å². The highest BCUT2D eigenvalue weighted by Gasteiger charge is 2.24. The summed E-state index contributed by atoms with van der Waals surface area (Å²) in [5.41, 5.74) is 6.18. The van der Waals surface area contributed by atoms with Crippen molar-refractivity contribution in [2.75, 3.05) is 37.7 Å². The van der Waals surface area contributed by atoms with E-state index in [1.807, 2.05) is 0 Å². The van der Waals surface area contributed by atoms with E-state index in [0.29, 0.717) is 24.5 Å². The van der Waals surface area contributed by atoms with Gasteiger partial charge in [-0.25, -0.2) is 8.42 Å². The predicted octanol–water partition coefficient (Wildman–Crippen LogP) is -0.201. The van der Waals surface area contributed by atoms with Crippen LogP contribution in [-0.2, 0) is 14.8 Å². The Morgan fingerprint density at radius 3 is 2.90 bits per heavy atom. The Bertz CT molecular complexity index is 603. The van der Waals surface area contributed by atoms with Crippen LogP contribution in [0.5, 0.6) is 5.75 Å². The van der Waals surface area contributed by atoms with Crippen molar-refractivity contribution in [1.82, 2.24) is 9.62 Å². The van der Waals surface area contributed by atoms with E-state index in [1.54, 1.807) is 24.3 Å². The molecule has 1 heterocycles. The Balaban J connectivity index is 1.87. The molecule has 1 fully saturated rings. The molecule has 0 aromatic heterocycles. The number of ether oxygens (including phenoxy) is 1. The van der Waals surface area contributed by atoms with Gasteiger partial charge in [0.1, 0.15) is 12.4 Å². The quantitative estimate of drug-likeness (QED) is 0.733. The minimum Gasteiger partial charge on any atom is -0.492 e. The van der Waals surface area contributed by atoms with Gasteiger partial charge in [0, 0.05) is 37.8 Å². The number of benzene rings is 1. The fourth-order valence-electron chi connectivity index (χ4n) is 2.02. The Kier molecular flexibility index (Phi) is 5.03. The first-order valence-corrected chi connectivity index (χ1v) is 8.31. The lowest BCUT2D eigenvalue weighted by Crippen LogP contribution is -2.37. The second-order valence-corrected chi connectivity index (χ2v) is 6.82. The first-order valence-electron chi connectivity index (χ1n) is 6.70. The molecule has 0 atom stereocenters. The van der Waals surface area contributed by atoms with E-state index in [-0.39, 0.29) is 31.2 Å². The number of nitrogens with one attached hydrogen (secondary N) is 1. The first-order chi connectivity index (χ1) is 9.97. The molecule has 0 bridgehead atoms. The van der Waals surface area contributed by atoms with E-state index >= 15 is 0 Å². The molecule has 0 aliphatic carbocycles. The van der Waals surface area contributed by atoms with Gasteiger partial charge in [0.15, 0.2) is 0 Å². The van der Waals surface area contributed by atoms with Crippen LogP contribution in [0.3, 0.4) is 0 Å². The topological polar surface area (TPSA) is 102 Å². The molecule has 1 aromatic carbocycles. The maximum Gasteiger partial charge on any atom is 0.221 e. The van der Waals surface area contributed by atoms with Gasteiger partial charge in [-0.1, -0.05) is 6.07 Å². The van der Waals surface area contributed by atoms with Gasteiger partial charge < -0.3 is 15.8 Å². The third-order valence-electron chi connectivity index (χ3n) is 3.13. The van der Waals surface area contributed by atoms with Gasteiger partial charge >= 0.3 is 0 Å². The lowest BCUT2D eigenvalue weighted by atomic mass is 10.3. The van der Waals surface area contributed by atoms with Crippen molar-refractivity contribution < 1.29 is 17.9 Å². The molecule has 1 saturated heterocycles. The number of carbonyl (C=O) groups excluding carboxylic acids is 1. The standard InChI is InChI=1S/C13H19N3O4S/c14-11-2-1-3-12(10-11)20-8-9-21(18,19)16-6-4-13(17)15-5-7-16/h1-3,10H,4-9,14H2,(H,15,17). The molecule has 1 aliphatic heterocycles. The maximum atomic E-state index is 12.2. The van der Waals surface area contributed by atoms with E-state index in [9.17, 15) is 13.2 Å². The van der Waals surface area contributed by atoms with Crippen LogP contribution in [-0.4, -0.2) is 50.6 Å². The number of amides is 1. The molecule has 7 nitrogen and oxygen atoms in total. The normalized spacial score (nSPS) is 17.0. The van der Waals surface area contributed by atoms with Crippen LogP contribution in [0.4, 0.5) is 5.69 Å². The highest BCUT2D eigenvalue weighted by atomic mass is 32.2. The molecule has 0 saturated carbocycles. The second-order valence-electron chi connectivity index (χ2n) is 4.74. The molecule has 1 aromatic rings. The van der Waals surface area contributed by atoms with Crippen LogP contribution in [0.2, 0.25) is 0 Å². The monoisotopic (exact) mass is 313 g/mol. The van der Waals surface area contributed by atoms with Gasteiger partial charge in [-0.2, -0.15) is 4.31 Å². The molecule has 116 valence electrons. The van der Waals surface area contributed by atoms with Gasteiger partial charge in [0.05, 0.1) is 5.75 Å². The molecular formula is C13H19N3O4S. The van der Waals surface area contributed by atoms with Gasteiger partial charge in [-0.15, -0.1) is 0 Å². The lowest BCUT2D eigenvalue weighted by molar-refractivity contribution is -0.120. The summed E-state index contributed by atoms with van der Waals surface area (Å²) in [6.07, 6.45) is 0.190. The average molecular weight is 313 g/mol. The third kappa shape index (κ3) is 4.61. The van der Waals surface area contributed by atoms with Gasteiger partial charge in [0.25, 0.3) is 0 Å². The van der Waals surface area contributed by atoms with Gasteiger partial charge in [-0.3, -0.25) is 4.79 Å². The molecule has 1 aliphatic rings. The molecule has 21 heavy (non-hydrogen) atoms. The van der Waals surface area contributed by atoms with Crippen molar-refractivity contribution in [2.24, 2.45) is 0 Å². The van der Waals surface area contributed by atoms with E-state index in [2.05, 4.69) is 5.32 Å². The van der Waals surface area contributed by atoms with E-state index in [0.717, 1.165) is 0 Å². The molecule has 8 heteroatoms. The first kappa shape index (κ1) is 15.6. The largest absolute Gasteiger partial charge is 0.492 e. The Labute approximate surface area is 124 Å². The summed E-state index contributed by atoms with van der Waals surface area (Å²) in [5, 5.41) is 2.64. The summed E-state index contributed by atoms with van der Waals surface area (Å²) < 4.78 is 31.1. The predicted molar refractivity (Wildman–Crippen MR) is 79.3 cm³/mol. The van der Waals surface area contributed by atoms with Crippen molar-refractivity contribution in [3.05, 3.63) is 24.3 Å². The SMILES string of the molecule is Nc1cccc(OCCS(=O)(=O)N2CCNC(=O)CC2)c1. The number of hydrogen-bond donors (Lipinski definition) is 2. The number of hydrogen-bond acceptors (Lipinski definition) is 5. The number of sulfonamides is 1. The summed E-state index contributed by atoms with van der Waals surface area (Å²) in [4.78, 5) is 11.2. The number of nitrogen functional groups attached to an aromatic ring is 1. The van der Waals surface area contributed by atoms with E-state index in [1.165, 1.54) is 4.31 Å². The van der Waals surface area contributed by atoms with E-state index < -0.39 is 10.0 Å². The summed E-state index contributed by atoms with van der Waals surface area (Å²) in [6, 6.07) is 6.83. The molecule has 0 unspecified atom stereocenters. The highest BCUT2D eigenvalue weighted by Crippen LogP contribution is 2.14. The maximum absolute atomic E-state index is 12.2. The fourth-order valence-corrected chi connectivity index (χ4v) is 3.31. The van der Waals surface area contributed by atoms with Crippen LogP contribution in [0.1, 0.15) is 6.42 Å². The van der Waals surface area contributed by atoms with Crippen molar-refractivity contribution >= 4 is 21.6 Å². The van der Waals surface area contributed by atoms with Gasteiger partial charge in [-0.05, 0) is 12.1 Å². The fraction of sp³-hybridized carbons (Fsp3) is 0.462. The Hall–Kier alpha value is -1.80. The smallest absolute Gasteiger partial charge is 0.221 e. The summed E-state index contributed by atoms with van der Waals surface area (Å²) in [7, 11) is -3.43. The lowest BCUT2D eigenvalue weighted by Gasteiger charge is -2.19. The molecule has 3 N–H and O–H groups in total. The van der Waals surface area contributed by atoms with E-state index in [4.69, 9.17) is 10.5 Å². The summed E-state index contributed by atoms with van der Waals surface area (Å²) >= 11 is 0. The van der Waals surface area contributed by atoms with Gasteiger partial charge in [0.2, 0.25) is 15.9 Å². The van der Waals surface area contributed by atoms with Crippen LogP contribution < -0.4 is 15.8 Å². The van der Waals surface area contributed by atoms with Crippen LogP contribution >= 0.6 is 0 Å². The van der Waals surface area contributed by atoms with Crippen LogP contribution in [0.15, 0.2) is 24.3 Å². The van der Waals surface area contributed by atoms with Crippen molar-refractivity contribution in [1.29, 1.82) is 0 Å².